The van der Waals surface area contributed by atoms with Gasteiger partial charge >= 0.3 is 0 Å². The van der Waals surface area contributed by atoms with Gasteiger partial charge in [-0.15, -0.1) is 11.3 Å². The second-order valence-electron chi connectivity index (χ2n) is 6.64. The fraction of sp³-hybridized carbons (Fsp3) is 0.190. The Morgan fingerprint density at radius 2 is 2.03 bits per heavy atom. The van der Waals surface area contributed by atoms with E-state index < -0.39 is 0 Å². The number of hydrogen-bond donors (Lipinski definition) is 2. The number of carbonyl (C=O) groups is 1. The average molecular weight is 427 g/mol. The van der Waals surface area contributed by atoms with Crippen LogP contribution < -0.4 is 10.6 Å². The number of thiocarbonyl (C=S) groups is 1. The van der Waals surface area contributed by atoms with E-state index in [1.54, 1.807) is 29.7 Å². The van der Waals surface area contributed by atoms with Gasteiger partial charge in [0.25, 0.3) is 0 Å². The number of nitrogens with one attached hydrogen (secondary N) is 2. The number of thiophene rings is 1. The van der Waals surface area contributed by atoms with Crippen LogP contribution in [0, 0.1) is 5.82 Å². The van der Waals surface area contributed by atoms with Crippen molar-refractivity contribution in [2.24, 2.45) is 0 Å². The number of aromatic nitrogens is 1. The Kier molecular flexibility index (Phi) is 5.82. The zero-order valence-corrected chi connectivity index (χ0v) is 17.0. The van der Waals surface area contributed by atoms with Crippen LogP contribution in [0.4, 0.5) is 10.1 Å². The third kappa shape index (κ3) is 4.44. The minimum Gasteiger partial charge on any atom is -0.352 e. The molecule has 1 saturated heterocycles. The predicted octanol–water partition coefficient (Wildman–Crippen LogP) is 4.28. The van der Waals surface area contributed by atoms with E-state index in [9.17, 15) is 9.18 Å². The van der Waals surface area contributed by atoms with E-state index in [0.717, 1.165) is 10.6 Å². The van der Waals surface area contributed by atoms with Crippen LogP contribution in [0.15, 0.2) is 66.2 Å². The van der Waals surface area contributed by atoms with E-state index >= 15 is 0 Å². The van der Waals surface area contributed by atoms with Crippen molar-refractivity contribution in [3.8, 4) is 0 Å². The molecule has 29 heavy (non-hydrogen) atoms. The summed E-state index contributed by atoms with van der Waals surface area (Å²) in [5, 5.41) is 8.80. The molecule has 5 nitrogen and oxygen atoms in total. The smallest absolute Gasteiger partial charge is 0.226 e. The molecule has 8 heteroatoms. The zero-order valence-electron chi connectivity index (χ0n) is 15.4. The van der Waals surface area contributed by atoms with Crippen molar-refractivity contribution in [1.82, 2.24) is 15.2 Å². The number of hydrogen-bond acceptors (Lipinski definition) is 4. The summed E-state index contributed by atoms with van der Waals surface area (Å²) in [4.78, 5) is 20.1. The Hall–Kier alpha value is -2.84. The van der Waals surface area contributed by atoms with Gasteiger partial charge in [0, 0.05) is 29.7 Å². The van der Waals surface area contributed by atoms with Crippen LogP contribution in [-0.4, -0.2) is 27.4 Å². The summed E-state index contributed by atoms with van der Waals surface area (Å²) in [6.45, 7) is 0.463. The van der Waals surface area contributed by atoms with Crippen LogP contribution in [0.3, 0.4) is 0 Å². The first kappa shape index (κ1) is 19.5. The first-order chi connectivity index (χ1) is 14.1. The number of benzene rings is 1. The second-order valence-corrected chi connectivity index (χ2v) is 8.01. The lowest BCUT2D eigenvalue weighted by atomic mass is 10.0. The van der Waals surface area contributed by atoms with E-state index in [0.29, 0.717) is 17.3 Å². The van der Waals surface area contributed by atoms with Crippen molar-refractivity contribution in [3.63, 3.8) is 0 Å². The van der Waals surface area contributed by atoms with Gasteiger partial charge in [-0.25, -0.2) is 4.39 Å². The largest absolute Gasteiger partial charge is 0.352 e. The Bertz CT molecular complexity index is 980. The van der Waals surface area contributed by atoms with Crippen molar-refractivity contribution in [2.75, 3.05) is 11.9 Å². The molecule has 1 fully saturated rings. The molecule has 3 heterocycles. The van der Waals surface area contributed by atoms with Crippen LogP contribution in [0.5, 0.6) is 0 Å². The quantitative estimate of drug-likeness (QED) is 0.576. The summed E-state index contributed by atoms with van der Waals surface area (Å²) in [5.41, 5.74) is 1.48. The number of anilines is 1. The van der Waals surface area contributed by atoms with Crippen LogP contribution in [0.1, 0.15) is 29.1 Å². The van der Waals surface area contributed by atoms with Crippen molar-refractivity contribution in [1.29, 1.82) is 0 Å². The molecule has 1 aliphatic heterocycles. The highest BCUT2D eigenvalue weighted by atomic mass is 32.1. The molecule has 2 atom stereocenters. The highest BCUT2D eigenvalue weighted by molar-refractivity contribution is 7.80. The van der Waals surface area contributed by atoms with E-state index in [-0.39, 0.29) is 30.2 Å². The molecule has 2 N–H and O–H groups in total. The number of halogens is 1. The summed E-state index contributed by atoms with van der Waals surface area (Å²) < 4.78 is 13.0. The van der Waals surface area contributed by atoms with Gasteiger partial charge in [-0.3, -0.25) is 9.78 Å². The molecule has 2 aromatic heterocycles. The molecule has 0 aliphatic carbocycles. The van der Waals surface area contributed by atoms with Crippen LogP contribution in [-0.2, 0) is 4.79 Å². The van der Waals surface area contributed by atoms with Crippen molar-refractivity contribution in [3.05, 3.63) is 82.6 Å². The fourth-order valence-corrected chi connectivity index (χ4v) is 4.60. The maximum absolute atomic E-state index is 13.0. The molecular weight excluding hydrogens is 407 g/mol. The SMILES string of the molecule is O=C(CCN1C(=S)N[C@@H](c2ccccn2)[C@H]1c1cccs1)Nc1ccc(F)cc1. The van der Waals surface area contributed by atoms with Gasteiger partial charge in [0.15, 0.2) is 5.11 Å². The molecule has 1 aliphatic rings. The monoisotopic (exact) mass is 426 g/mol. The van der Waals surface area contributed by atoms with Crippen LogP contribution in [0.2, 0.25) is 0 Å². The predicted molar refractivity (Wildman–Crippen MR) is 116 cm³/mol. The van der Waals surface area contributed by atoms with E-state index in [1.165, 1.54) is 12.1 Å². The highest BCUT2D eigenvalue weighted by Crippen LogP contribution is 2.40. The minimum absolute atomic E-state index is 0.0315. The average Bonchev–Trinajstić information content (AvgIpc) is 3.36. The van der Waals surface area contributed by atoms with Crippen LogP contribution in [0.25, 0.3) is 0 Å². The lowest BCUT2D eigenvalue weighted by Crippen LogP contribution is -2.32. The first-order valence-electron chi connectivity index (χ1n) is 9.19. The lowest BCUT2D eigenvalue weighted by molar-refractivity contribution is -0.116. The summed E-state index contributed by atoms with van der Waals surface area (Å²) in [7, 11) is 0. The first-order valence-corrected chi connectivity index (χ1v) is 10.5. The molecule has 0 bridgehead atoms. The maximum atomic E-state index is 13.0. The maximum Gasteiger partial charge on any atom is 0.226 e. The third-order valence-electron chi connectivity index (χ3n) is 4.74. The zero-order chi connectivity index (χ0) is 20.2. The molecule has 0 saturated carbocycles. The topological polar surface area (TPSA) is 57.3 Å². The van der Waals surface area contributed by atoms with Gasteiger partial charge in [0.2, 0.25) is 5.91 Å². The molecule has 1 aromatic carbocycles. The standard InChI is InChI=1S/C21H19FN4OS2/c22-14-6-8-15(9-7-14)24-18(27)10-12-26-20(17-5-3-13-29-17)19(25-21(26)28)16-4-1-2-11-23-16/h1-9,11,13,19-20H,10,12H2,(H,24,27)(H,25,28)/t19-,20+/m0/s1. The summed E-state index contributed by atoms with van der Waals surface area (Å²) in [5.74, 6) is -0.485. The number of pyridine rings is 1. The molecule has 0 unspecified atom stereocenters. The van der Waals surface area contributed by atoms with Gasteiger partial charge in [-0.05, 0) is 60.1 Å². The number of nitrogens with zero attached hydrogens (tertiary/aromatic N) is 2. The Balaban J connectivity index is 1.48. The molecule has 0 spiro atoms. The van der Waals surface area contributed by atoms with Crippen LogP contribution >= 0.6 is 23.6 Å². The van der Waals surface area contributed by atoms with Gasteiger partial charge < -0.3 is 15.5 Å². The van der Waals surface area contributed by atoms with E-state index in [1.807, 2.05) is 34.5 Å². The third-order valence-corrected chi connectivity index (χ3v) is 6.04. The molecular formula is C21H19FN4OS2. The van der Waals surface area contributed by atoms with Crippen molar-refractivity contribution < 1.29 is 9.18 Å². The minimum atomic E-state index is -0.337. The highest BCUT2D eigenvalue weighted by Gasteiger charge is 2.40. The van der Waals surface area contributed by atoms with Crippen molar-refractivity contribution >= 4 is 40.3 Å². The number of carbonyl (C=O) groups excluding carboxylic acids is 1. The van der Waals surface area contributed by atoms with Gasteiger partial charge in [-0.1, -0.05) is 12.1 Å². The molecule has 0 radical (unpaired) electrons. The van der Waals surface area contributed by atoms with Gasteiger partial charge in [-0.2, -0.15) is 0 Å². The van der Waals surface area contributed by atoms with E-state index in [2.05, 4.69) is 21.7 Å². The molecule has 3 aromatic rings. The Labute approximate surface area is 177 Å². The number of amides is 1. The fourth-order valence-electron chi connectivity index (χ4n) is 3.39. The Morgan fingerprint density at radius 3 is 2.72 bits per heavy atom. The van der Waals surface area contributed by atoms with Gasteiger partial charge in [0.05, 0.1) is 17.8 Å². The summed E-state index contributed by atoms with van der Waals surface area (Å²) in [6, 6.07) is 15.5. The molecule has 148 valence electrons. The summed E-state index contributed by atoms with van der Waals surface area (Å²) in [6.07, 6.45) is 2.03. The molecule has 1 amide bonds. The second kappa shape index (κ2) is 8.67. The Morgan fingerprint density at radius 1 is 1.21 bits per heavy atom. The number of rotatable bonds is 6. The lowest BCUT2D eigenvalue weighted by Gasteiger charge is -2.26. The van der Waals surface area contributed by atoms with Crippen molar-refractivity contribution in [2.45, 2.75) is 18.5 Å². The summed E-state index contributed by atoms with van der Waals surface area (Å²) >= 11 is 7.24. The van der Waals surface area contributed by atoms with E-state index in [4.69, 9.17) is 12.2 Å². The molecule has 4 rings (SSSR count). The normalized spacial score (nSPS) is 18.5. The van der Waals surface area contributed by atoms with Gasteiger partial charge in [0.1, 0.15) is 5.82 Å².